The van der Waals surface area contributed by atoms with Crippen LogP contribution in [0.5, 0.6) is 0 Å². The monoisotopic (exact) mass is 436 g/mol. The van der Waals surface area contributed by atoms with Gasteiger partial charge in [0.15, 0.2) is 5.82 Å². The van der Waals surface area contributed by atoms with Crippen molar-refractivity contribution in [2.45, 2.75) is 13.8 Å². The summed E-state index contributed by atoms with van der Waals surface area (Å²) in [5, 5.41) is 8.11. The molecule has 1 N–H and O–H groups in total. The van der Waals surface area contributed by atoms with E-state index in [4.69, 9.17) is 23.2 Å². The summed E-state index contributed by atoms with van der Waals surface area (Å²) < 4.78 is 1.70. The molecule has 0 aliphatic heterocycles. The van der Waals surface area contributed by atoms with Gasteiger partial charge in [0.25, 0.3) is 5.91 Å². The molecular formula is C23H18Cl2N4O. The van der Waals surface area contributed by atoms with Crippen molar-refractivity contribution in [1.29, 1.82) is 0 Å². The number of aryl methyl sites for hydroxylation is 2. The maximum Gasteiger partial charge on any atom is 0.295 e. The SMILES string of the molecule is Cc1ccc(C)c(-n2nc(C(=O)Nc3ccc(Cl)cc3Cl)nc2-c2ccccc2)c1. The van der Waals surface area contributed by atoms with Crippen LogP contribution in [-0.2, 0) is 0 Å². The first kappa shape index (κ1) is 20.1. The Morgan fingerprint density at radius 3 is 2.47 bits per heavy atom. The summed E-state index contributed by atoms with van der Waals surface area (Å²) in [4.78, 5) is 17.4. The van der Waals surface area contributed by atoms with Crippen LogP contribution in [0.1, 0.15) is 21.7 Å². The second-order valence-electron chi connectivity index (χ2n) is 6.91. The highest BCUT2D eigenvalue weighted by molar-refractivity contribution is 6.36. The Morgan fingerprint density at radius 2 is 1.73 bits per heavy atom. The molecule has 0 saturated carbocycles. The fraction of sp³-hybridized carbons (Fsp3) is 0.0870. The summed E-state index contributed by atoms with van der Waals surface area (Å²) >= 11 is 12.1. The number of anilines is 1. The highest BCUT2D eigenvalue weighted by Gasteiger charge is 2.20. The van der Waals surface area contributed by atoms with Gasteiger partial charge >= 0.3 is 0 Å². The van der Waals surface area contributed by atoms with Crippen molar-refractivity contribution in [3.05, 3.63) is 93.7 Å². The fourth-order valence-corrected chi connectivity index (χ4v) is 3.52. The smallest absolute Gasteiger partial charge is 0.295 e. The molecule has 0 fully saturated rings. The number of nitrogens with one attached hydrogen (secondary N) is 1. The van der Waals surface area contributed by atoms with E-state index in [1.54, 1.807) is 22.9 Å². The fourth-order valence-electron chi connectivity index (χ4n) is 3.07. The van der Waals surface area contributed by atoms with Crippen molar-refractivity contribution in [2.75, 3.05) is 5.32 Å². The van der Waals surface area contributed by atoms with E-state index in [2.05, 4.69) is 15.4 Å². The maximum atomic E-state index is 12.9. The number of benzene rings is 3. The number of carbonyl (C=O) groups excluding carboxylic acids is 1. The lowest BCUT2D eigenvalue weighted by molar-refractivity contribution is 0.101. The van der Waals surface area contributed by atoms with Crippen LogP contribution >= 0.6 is 23.2 Å². The molecule has 4 aromatic rings. The van der Waals surface area contributed by atoms with Crippen LogP contribution in [0.2, 0.25) is 10.0 Å². The van der Waals surface area contributed by atoms with Crippen molar-refractivity contribution in [3.8, 4) is 17.1 Å². The number of nitrogens with zero attached hydrogens (tertiary/aromatic N) is 3. The highest BCUT2D eigenvalue weighted by Crippen LogP contribution is 2.27. The molecule has 0 aliphatic rings. The Bertz CT molecular complexity index is 1240. The Kier molecular flexibility index (Phi) is 5.57. The largest absolute Gasteiger partial charge is 0.318 e. The number of rotatable bonds is 4. The van der Waals surface area contributed by atoms with E-state index in [1.165, 1.54) is 0 Å². The van der Waals surface area contributed by atoms with Gasteiger partial charge < -0.3 is 5.32 Å². The topological polar surface area (TPSA) is 59.8 Å². The summed E-state index contributed by atoms with van der Waals surface area (Å²) in [6.07, 6.45) is 0. The first-order valence-corrected chi connectivity index (χ1v) is 10.0. The highest BCUT2D eigenvalue weighted by atomic mass is 35.5. The predicted molar refractivity (Wildman–Crippen MR) is 121 cm³/mol. The third-order valence-electron chi connectivity index (χ3n) is 4.61. The molecule has 0 radical (unpaired) electrons. The zero-order chi connectivity index (χ0) is 21.3. The Hall–Kier alpha value is -3.15. The van der Waals surface area contributed by atoms with E-state index < -0.39 is 5.91 Å². The second-order valence-corrected chi connectivity index (χ2v) is 7.75. The van der Waals surface area contributed by atoms with Gasteiger partial charge in [0.2, 0.25) is 5.82 Å². The van der Waals surface area contributed by atoms with Gasteiger partial charge in [-0.25, -0.2) is 9.67 Å². The summed E-state index contributed by atoms with van der Waals surface area (Å²) in [7, 11) is 0. The summed E-state index contributed by atoms with van der Waals surface area (Å²) in [5.41, 5.74) is 4.27. The third kappa shape index (κ3) is 4.08. The summed E-state index contributed by atoms with van der Waals surface area (Å²) in [6, 6.07) is 20.6. The minimum Gasteiger partial charge on any atom is -0.318 e. The van der Waals surface area contributed by atoms with E-state index in [0.29, 0.717) is 21.6 Å². The van der Waals surface area contributed by atoms with Crippen LogP contribution in [0.3, 0.4) is 0 Å². The molecule has 0 spiro atoms. The van der Waals surface area contributed by atoms with Crippen molar-refractivity contribution in [3.63, 3.8) is 0 Å². The average molecular weight is 437 g/mol. The number of aromatic nitrogens is 3. The molecule has 4 rings (SSSR count). The van der Waals surface area contributed by atoms with Gasteiger partial charge in [0, 0.05) is 10.6 Å². The molecule has 0 aliphatic carbocycles. The first-order valence-electron chi connectivity index (χ1n) is 9.29. The van der Waals surface area contributed by atoms with E-state index in [9.17, 15) is 4.79 Å². The van der Waals surface area contributed by atoms with Crippen molar-refractivity contribution >= 4 is 34.8 Å². The van der Waals surface area contributed by atoms with Crippen LogP contribution in [0.15, 0.2) is 66.7 Å². The quantitative estimate of drug-likeness (QED) is 0.419. The molecule has 3 aromatic carbocycles. The lowest BCUT2D eigenvalue weighted by Gasteiger charge is -2.10. The number of hydrogen-bond acceptors (Lipinski definition) is 3. The van der Waals surface area contributed by atoms with Gasteiger partial charge in [-0.05, 0) is 49.2 Å². The zero-order valence-corrected chi connectivity index (χ0v) is 17.9. The maximum absolute atomic E-state index is 12.9. The van der Waals surface area contributed by atoms with Crippen LogP contribution in [-0.4, -0.2) is 20.7 Å². The lowest BCUT2D eigenvalue weighted by Crippen LogP contribution is -2.14. The molecule has 1 heterocycles. The minimum atomic E-state index is -0.458. The normalized spacial score (nSPS) is 10.8. The van der Waals surface area contributed by atoms with Crippen LogP contribution in [0.4, 0.5) is 5.69 Å². The van der Waals surface area contributed by atoms with Crippen molar-refractivity contribution in [2.24, 2.45) is 0 Å². The number of amides is 1. The van der Waals surface area contributed by atoms with Crippen LogP contribution in [0, 0.1) is 13.8 Å². The molecule has 0 saturated heterocycles. The van der Waals surface area contributed by atoms with E-state index in [1.807, 2.05) is 62.4 Å². The average Bonchev–Trinajstić information content (AvgIpc) is 3.18. The summed E-state index contributed by atoms with van der Waals surface area (Å²) in [5.74, 6) is 0.165. The van der Waals surface area contributed by atoms with E-state index in [0.717, 1.165) is 22.4 Å². The molecule has 7 heteroatoms. The number of carbonyl (C=O) groups is 1. The van der Waals surface area contributed by atoms with E-state index >= 15 is 0 Å². The van der Waals surface area contributed by atoms with Gasteiger partial charge in [0.1, 0.15) is 0 Å². The number of hydrogen-bond donors (Lipinski definition) is 1. The zero-order valence-electron chi connectivity index (χ0n) is 16.4. The third-order valence-corrected chi connectivity index (χ3v) is 5.16. The van der Waals surface area contributed by atoms with Crippen LogP contribution in [0.25, 0.3) is 17.1 Å². The molecule has 5 nitrogen and oxygen atoms in total. The molecule has 0 atom stereocenters. The van der Waals surface area contributed by atoms with Gasteiger partial charge in [-0.1, -0.05) is 65.7 Å². The molecule has 30 heavy (non-hydrogen) atoms. The molecular weight excluding hydrogens is 419 g/mol. The first-order chi connectivity index (χ1) is 14.4. The second kappa shape index (κ2) is 8.30. The number of halogens is 2. The van der Waals surface area contributed by atoms with Gasteiger partial charge in [-0.2, -0.15) is 0 Å². The molecule has 1 amide bonds. The Balaban J connectivity index is 1.79. The standard InChI is InChI=1S/C23H18Cl2N4O/c1-14-8-9-15(2)20(12-14)29-22(16-6-4-3-5-7-16)27-21(28-29)23(30)26-19-11-10-17(24)13-18(19)25/h3-13H,1-2H3,(H,26,30). The van der Waals surface area contributed by atoms with Crippen molar-refractivity contribution in [1.82, 2.24) is 14.8 Å². The van der Waals surface area contributed by atoms with Gasteiger partial charge in [-0.15, -0.1) is 5.10 Å². The van der Waals surface area contributed by atoms with Crippen molar-refractivity contribution < 1.29 is 4.79 Å². The van der Waals surface area contributed by atoms with E-state index in [-0.39, 0.29) is 5.82 Å². The molecule has 150 valence electrons. The predicted octanol–water partition coefficient (Wildman–Crippen LogP) is 6.11. The van der Waals surface area contributed by atoms with Gasteiger partial charge in [0.05, 0.1) is 16.4 Å². The molecule has 0 bridgehead atoms. The Morgan fingerprint density at radius 1 is 0.967 bits per heavy atom. The molecule has 0 unspecified atom stereocenters. The lowest BCUT2D eigenvalue weighted by atomic mass is 10.1. The molecule has 1 aromatic heterocycles. The Labute approximate surface area is 184 Å². The minimum absolute atomic E-state index is 0.0424. The van der Waals surface area contributed by atoms with Gasteiger partial charge in [-0.3, -0.25) is 4.79 Å². The van der Waals surface area contributed by atoms with Crippen LogP contribution < -0.4 is 5.32 Å². The summed E-state index contributed by atoms with van der Waals surface area (Å²) in [6.45, 7) is 4.01.